The molecule has 2 fully saturated rings. The van der Waals surface area contributed by atoms with Crippen LogP contribution in [0.5, 0.6) is 0 Å². The summed E-state index contributed by atoms with van der Waals surface area (Å²) in [4.78, 5) is 37.6. The summed E-state index contributed by atoms with van der Waals surface area (Å²) in [5, 5.41) is 0. The topological polar surface area (TPSA) is 69.6 Å². The zero-order valence-electron chi connectivity index (χ0n) is 12.2. The van der Waals surface area contributed by atoms with Gasteiger partial charge >= 0.3 is 0 Å². The Labute approximate surface area is 137 Å². The maximum atomic E-state index is 11.6. The normalized spacial score (nSPS) is 20.0. The van der Waals surface area contributed by atoms with E-state index in [0.717, 1.165) is 43.1 Å². The first-order valence-corrected chi connectivity index (χ1v) is 8.21. The standard InChI is InChI=1S/C14H18BrN5O2/c15-11-9-16-14(17-10-11)19-6-3-18(4-7-19)5-8-20-12(21)1-2-13(20)22/h9-10H,1-8H2. The first-order valence-electron chi connectivity index (χ1n) is 7.41. The Bertz CT molecular complexity index is 541. The summed E-state index contributed by atoms with van der Waals surface area (Å²) in [5.74, 6) is 0.673. The van der Waals surface area contributed by atoms with Gasteiger partial charge in [-0.05, 0) is 15.9 Å². The van der Waals surface area contributed by atoms with Crippen molar-refractivity contribution in [2.45, 2.75) is 12.8 Å². The highest BCUT2D eigenvalue weighted by Crippen LogP contribution is 2.14. The second-order valence-corrected chi connectivity index (χ2v) is 6.38. The summed E-state index contributed by atoms with van der Waals surface area (Å²) < 4.78 is 0.870. The summed E-state index contributed by atoms with van der Waals surface area (Å²) in [6.07, 6.45) is 4.24. The number of amides is 2. The van der Waals surface area contributed by atoms with Crippen molar-refractivity contribution in [3.63, 3.8) is 0 Å². The van der Waals surface area contributed by atoms with Crippen molar-refractivity contribution in [3.05, 3.63) is 16.9 Å². The zero-order chi connectivity index (χ0) is 15.5. The maximum Gasteiger partial charge on any atom is 0.229 e. The number of carbonyl (C=O) groups excluding carboxylic acids is 2. The van der Waals surface area contributed by atoms with Crippen LogP contribution in [0.15, 0.2) is 16.9 Å². The third kappa shape index (κ3) is 3.44. The minimum Gasteiger partial charge on any atom is -0.338 e. The van der Waals surface area contributed by atoms with Crippen LogP contribution in [-0.2, 0) is 9.59 Å². The van der Waals surface area contributed by atoms with Gasteiger partial charge in [-0.3, -0.25) is 19.4 Å². The van der Waals surface area contributed by atoms with E-state index >= 15 is 0 Å². The number of anilines is 1. The zero-order valence-corrected chi connectivity index (χ0v) is 13.8. The van der Waals surface area contributed by atoms with Crippen molar-refractivity contribution in [2.75, 3.05) is 44.2 Å². The highest BCUT2D eigenvalue weighted by molar-refractivity contribution is 9.10. The fourth-order valence-corrected chi connectivity index (χ4v) is 2.96. The Hall–Kier alpha value is -1.54. The van der Waals surface area contributed by atoms with Gasteiger partial charge in [0.1, 0.15) is 0 Å². The first kappa shape index (κ1) is 15.4. The Kier molecular flexibility index (Phi) is 4.68. The average Bonchev–Trinajstić information content (AvgIpc) is 2.85. The number of hydrogen-bond acceptors (Lipinski definition) is 6. The second-order valence-electron chi connectivity index (χ2n) is 5.47. The van der Waals surface area contributed by atoms with E-state index in [-0.39, 0.29) is 11.8 Å². The number of imide groups is 1. The quantitative estimate of drug-likeness (QED) is 0.722. The summed E-state index contributed by atoms with van der Waals surface area (Å²) in [7, 11) is 0. The maximum absolute atomic E-state index is 11.6. The van der Waals surface area contributed by atoms with Gasteiger partial charge in [0.2, 0.25) is 17.8 Å². The van der Waals surface area contributed by atoms with E-state index in [1.165, 1.54) is 4.90 Å². The second kappa shape index (κ2) is 6.70. The molecule has 0 atom stereocenters. The molecule has 0 bridgehead atoms. The molecule has 8 heteroatoms. The van der Waals surface area contributed by atoms with Crippen LogP contribution >= 0.6 is 15.9 Å². The fraction of sp³-hybridized carbons (Fsp3) is 0.571. The minimum absolute atomic E-state index is 0.0353. The van der Waals surface area contributed by atoms with Gasteiger partial charge < -0.3 is 4.90 Å². The Balaban J connectivity index is 1.46. The van der Waals surface area contributed by atoms with E-state index in [4.69, 9.17) is 0 Å². The monoisotopic (exact) mass is 367 g/mol. The Morgan fingerprint density at radius 1 is 0.955 bits per heavy atom. The number of nitrogens with zero attached hydrogens (tertiary/aromatic N) is 5. The summed E-state index contributed by atoms with van der Waals surface area (Å²) >= 11 is 3.33. The molecular formula is C14H18BrN5O2. The lowest BCUT2D eigenvalue weighted by Crippen LogP contribution is -2.49. The average molecular weight is 368 g/mol. The Morgan fingerprint density at radius 2 is 1.55 bits per heavy atom. The number of rotatable bonds is 4. The van der Waals surface area contributed by atoms with Crippen LogP contribution < -0.4 is 4.90 Å². The number of piperazine rings is 1. The molecule has 3 heterocycles. The SMILES string of the molecule is O=C1CCC(=O)N1CCN1CCN(c2ncc(Br)cn2)CC1. The van der Waals surface area contributed by atoms with Gasteiger partial charge in [-0.25, -0.2) is 9.97 Å². The molecule has 118 valence electrons. The van der Waals surface area contributed by atoms with Gasteiger partial charge in [0, 0.05) is 64.5 Å². The molecule has 2 aliphatic rings. The van der Waals surface area contributed by atoms with E-state index in [9.17, 15) is 9.59 Å². The number of halogens is 1. The van der Waals surface area contributed by atoms with Gasteiger partial charge in [-0.15, -0.1) is 0 Å². The lowest BCUT2D eigenvalue weighted by Gasteiger charge is -2.35. The fourth-order valence-electron chi connectivity index (χ4n) is 2.75. The third-order valence-electron chi connectivity index (χ3n) is 4.06. The predicted molar refractivity (Wildman–Crippen MR) is 84.3 cm³/mol. The van der Waals surface area contributed by atoms with Gasteiger partial charge in [0.25, 0.3) is 0 Å². The van der Waals surface area contributed by atoms with Crippen LogP contribution in [0, 0.1) is 0 Å². The van der Waals surface area contributed by atoms with Gasteiger partial charge in [-0.1, -0.05) is 0 Å². The molecule has 2 aliphatic heterocycles. The van der Waals surface area contributed by atoms with E-state index in [1.54, 1.807) is 12.4 Å². The Morgan fingerprint density at radius 3 is 2.14 bits per heavy atom. The van der Waals surface area contributed by atoms with Crippen molar-refractivity contribution in [2.24, 2.45) is 0 Å². The van der Waals surface area contributed by atoms with Crippen molar-refractivity contribution < 1.29 is 9.59 Å². The van der Waals surface area contributed by atoms with Crippen LogP contribution in [0.4, 0.5) is 5.95 Å². The van der Waals surface area contributed by atoms with E-state index in [2.05, 4.69) is 35.7 Å². The summed E-state index contributed by atoms with van der Waals surface area (Å²) in [6.45, 7) is 4.72. The van der Waals surface area contributed by atoms with Crippen molar-refractivity contribution in [1.82, 2.24) is 19.8 Å². The molecule has 0 aliphatic carbocycles. The number of likely N-dealkylation sites (tertiary alicyclic amines) is 1. The molecule has 3 rings (SSSR count). The van der Waals surface area contributed by atoms with Crippen LogP contribution in [0.25, 0.3) is 0 Å². The molecule has 1 aromatic rings. The lowest BCUT2D eigenvalue weighted by atomic mass is 10.3. The van der Waals surface area contributed by atoms with E-state index in [0.29, 0.717) is 19.4 Å². The molecule has 0 spiro atoms. The predicted octanol–water partition coefficient (Wildman–Crippen LogP) is 0.510. The van der Waals surface area contributed by atoms with E-state index in [1.807, 2.05) is 0 Å². The number of hydrogen-bond donors (Lipinski definition) is 0. The van der Waals surface area contributed by atoms with E-state index < -0.39 is 0 Å². The highest BCUT2D eigenvalue weighted by atomic mass is 79.9. The summed E-state index contributed by atoms with van der Waals surface area (Å²) in [6, 6.07) is 0. The summed E-state index contributed by atoms with van der Waals surface area (Å²) in [5.41, 5.74) is 0. The molecule has 0 N–H and O–H groups in total. The molecule has 0 unspecified atom stereocenters. The molecule has 22 heavy (non-hydrogen) atoms. The van der Waals surface area contributed by atoms with Crippen molar-refractivity contribution >= 4 is 33.7 Å². The molecule has 0 saturated carbocycles. The largest absolute Gasteiger partial charge is 0.338 e. The van der Waals surface area contributed by atoms with Gasteiger partial charge in [0.05, 0.1) is 4.47 Å². The number of carbonyl (C=O) groups is 2. The molecule has 2 amide bonds. The van der Waals surface area contributed by atoms with Crippen LogP contribution in [-0.4, -0.2) is 70.9 Å². The highest BCUT2D eigenvalue weighted by Gasteiger charge is 2.29. The molecule has 0 radical (unpaired) electrons. The van der Waals surface area contributed by atoms with Crippen LogP contribution in [0.1, 0.15) is 12.8 Å². The third-order valence-corrected chi connectivity index (χ3v) is 4.47. The van der Waals surface area contributed by atoms with Crippen molar-refractivity contribution in [3.8, 4) is 0 Å². The lowest BCUT2D eigenvalue weighted by molar-refractivity contribution is -0.138. The molecule has 1 aromatic heterocycles. The number of aromatic nitrogens is 2. The molecular weight excluding hydrogens is 350 g/mol. The molecule has 2 saturated heterocycles. The smallest absolute Gasteiger partial charge is 0.229 e. The molecule has 7 nitrogen and oxygen atoms in total. The van der Waals surface area contributed by atoms with Crippen LogP contribution in [0.3, 0.4) is 0 Å². The van der Waals surface area contributed by atoms with Crippen LogP contribution in [0.2, 0.25) is 0 Å². The molecule has 0 aromatic carbocycles. The minimum atomic E-state index is -0.0353. The first-order chi connectivity index (χ1) is 10.6. The van der Waals surface area contributed by atoms with Gasteiger partial charge in [0.15, 0.2) is 0 Å². The van der Waals surface area contributed by atoms with Crippen molar-refractivity contribution in [1.29, 1.82) is 0 Å². The van der Waals surface area contributed by atoms with Gasteiger partial charge in [-0.2, -0.15) is 0 Å².